The summed E-state index contributed by atoms with van der Waals surface area (Å²) in [6.45, 7) is 6.50. The van der Waals surface area contributed by atoms with E-state index in [0.29, 0.717) is 0 Å². The van der Waals surface area contributed by atoms with Crippen LogP contribution in [0.1, 0.15) is 27.7 Å². The zero-order chi connectivity index (χ0) is 7.15. The molecule has 0 atom stereocenters. The molecule has 3 heteroatoms. The van der Waals surface area contributed by atoms with Gasteiger partial charge in [0.15, 0.2) is 0 Å². The minimum atomic E-state index is -0.167. The van der Waals surface area contributed by atoms with Crippen LogP contribution in [-0.2, 0) is 4.79 Å². The number of rotatable bonds is 0. The van der Waals surface area contributed by atoms with Gasteiger partial charge in [-0.05, 0) is 27.7 Å². The van der Waals surface area contributed by atoms with Gasteiger partial charge >= 0.3 is 0 Å². The van der Waals surface area contributed by atoms with Crippen molar-refractivity contribution < 1.29 is 9.90 Å². The Bertz CT molecular complexity index is 55.3. The summed E-state index contributed by atoms with van der Waals surface area (Å²) >= 11 is 0. The van der Waals surface area contributed by atoms with Gasteiger partial charge in [-0.15, -0.1) is 0 Å². The number of Topliss-reactive ketones (excluding diaryl/α,β-unsaturated/α-hetero) is 1. The molecular formula is C6H16O2S. The van der Waals surface area contributed by atoms with Crippen LogP contribution in [0.3, 0.4) is 0 Å². The van der Waals surface area contributed by atoms with E-state index in [-0.39, 0.29) is 25.4 Å². The molecule has 58 valence electrons. The van der Waals surface area contributed by atoms with Gasteiger partial charge in [-0.25, -0.2) is 0 Å². The van der Waals surface area contributed by atoms with Crippen molar-refractivity contribution in [2.24, 2.45) is 0 Å². The van der Waals surface area contributed by atoms with Gasteiger partial charge in [0.2, 0.25) is 0 Å². The Morgan fingerprint density at radius 1 is 1.33 bits per heavy atom. The third-order valence-corrected chi connectivity index (χ3v) is 0. The first-order chi connectivity index (χ1) is 3.46. The molecule has 9 heavy (non-hydrogen) atoms. The molecule has 0 unspecified atom stereocenters. The van der Waals surface area contributed by atoms with Gasteiger partial charge in [-0.3, -0.25) is 0 Å². The Balaban J connectivity index is -0.0000000720. The molecule has 0 aliphatic carbocycles. The van der Waals surface area contributed by atoms with Gasteiger partial charge in [0.05, 0.1) is 0 Å². The van der Waals surface area contributed by atoms with Crippen molar-refractivity contribution in [1.82, 2.24) is 0 Å². The lowest BCUT2D eigenvalue weighted by atomic mass is 10.5. The lowest BCUT2D eigenvalue weighted by molar-refractivity contribution is -0.114. The lowest BCUT2D eigenvalue weighted by Crippen LogP contribution is -1.85. The number of aliphatic hydroxyl groups is 1. The second-order valence-corrected chi connectivity index (χ2v) is 2.00. The molecule has 0 aliphatic heterocycles. The van der Waals surface area contributed by atoms with E-state index in [2.05, 4.69) is 0 Å². The third kappa shape index (κ3) is 713000. The highest BCUT2D eigenvalue weighted by molar-refractivity contribution is 7.59. The minimum absolute atomic E-state index is 0. The first-order valence-corrected chi connectivity index (χ1v) is 2.62. The van der Waals surface area contributed by atoms with Crippen LogP contribution in [0.5, 0.6) is 0 Å². The van der Waals surface area contributed by atoms with Crippen molar-refractivity contribution in [1.29, 1.82) is 0 Å². The fourth-order valence-corrected chi connectivity index (χ4v) is 0. The van der Waals surface area contributed by atoms with Gasteiger partial charge in [-0.1, -0.05) is 0 Å². The molecule has 0 bridgehead atoms. The highest BCUT2D eigenvalue weighted by atomic mass is 32.1. The number of carbonyl (C=O) groups excluding carboxylic acids is 1. The predicted octanol–water partition coefficient (Wildman–Crippen LogP) is 1.10. The maximum atomic E-state index is 9.44. The molecule has 0 saturated heterocycles. The average Bonchev–Trinajstić information content (AvgIpc) is 1.25. The number of hydrogen-bond donors (Lipinski definition) is 1. The Kier molecular flexibility index (Phi) is 19.3. The van der Waals surface area contributed by atoms with Crippen LogP contribution >= 0.6 is 13.5 Å². The standard InChI is InChI=1S/C3H8O.C3H6O.H2S/c2*1-3(2)4;/h3-4H,1-2H3;1-2H3;1H2. The SMILES string of the molecule is CC(C)=O.CC(C)O.S. The van der Waals surface area contributed by atoms with Crippen molar-refractivity contribution in [3.8, 4) is 0 Å². The highest BCUT2D eigenvalue weighted by Crippen LogP contribution is 1.65. The van der Waals surface area contributed by atoms with Crippen LogP contribution in [0.25, 0.3) is 0 Å². The van der Waals surface area contributed by atoms with E-state index in [1.807, 2.05) is 0 Å². The second kappa shape index (κ2) is 10.9. The van der Waals surface area contributed by atoms with Crippen LogP contribution in [0, 0.1) is 0 Å². The van der Waals surface area contributed by atoms with E-state index < -0.39 is 0 Å². The van der Waals surface area contributed by atoms with Crippen molar-refractivity contribution in [3.63, 3.8) is 0 Å². The molecule has 0 aromatic heterocycles. The van der Waals surface area contributed by atoms with Gasteiger partial charge in [-0.2, -0.15) is 13.5 Å². The van der Waals surface area contributed by atoms with Crippen molar-refractivity contribution in [2.45, 2.75) is 33.8 Å². The summed E-state index contributed by atoms with van der Waals surface area (Å²) in [6.07, 6.45) is -0.167. The summed E-state index contributed by atoms with van der Waals surface area (Å²) in [6, 6.07) is 0. The molecule has 0 aromatic rings. The Hall–Kier alpha value is -0.0200. The molecule has 1 N–H and O–H groups in total. The molecule has 0 fully saturated rings. The summed E-state index contributed by atoms with van der Waals surface area (Å²) in [4.78, 5) is 9.44. The number of aliphatic hydroxyl groups excluding tert-OH is 1. The summed E-state index contributed by atoms with van der Waals surface area (Å²) < 4.78 is 0. The third-order valence-electron chi connectivity index (χ3n) is 0. The predicted molar refractivity (Wildman–Crippen MR) is 44.1 cm³/mol. The smallest absolute Gasteiger partial charge is 0.126 e. The van der Waals surface area contributed by atoms with Crippen LogP contribution in [-0.4, -0.2) is 17.0 Å². The van der Waals surface area contributed by atoms with E-state index in [1.165, 1.54) is 13.8 Å². The first kappa shape index (κ1) is 16.0. The maximum absolute atomic E-state index is 9.44. The van der Waals surface area contributed by atoms with Crippen LogP contribution < -0.4 is 0 Å². The molecule has 0 amide bonds. The molecule has 0 aromatic carbocycles. The number of ketones is 1. The van der Waals surface area contributed by atoms with E-state index in [1.54, 1.807) is 13.8 Å². The summed E-state index contributed by atoms with van der Waals surface area (Å²) in [5.41, 5.74) is 0. The van der Waals surface area contributed by atoms with Crippen LogP contribution in [0.2, 0.25) is 0 Å². The number of hydrogen-bond acceptors (Lipinski definition) is 2. The normalized spacial score (nSPS) is 6.89. The fourth-order valence-electron chi connectivity index (χ4n) is 0. The maximum Gasteiger partial charge on any atom is 0.126 e. The topological polar surface area (TPSA) is 37.3 Å². The Labute approximate surface area is 63.7 Å². The van der Waals surface area contributed by atoms with Gasteiger partial charge < -0.3 is 9.90 Å². The zero-order valence-electron chi connectivity index (χ0n) is 6.43. The first-order valence-electron chi connectivity index (χ1n) is 2.62. The van der Waals surface area contributed by atoms with Crippen molar-refractivity contribution in [3.05, 3.63) is 0 Å². The molecule has 0 heterocycles. The van der Waals surface area contributed by atoms with Gasteiger partial charge in [0, 0.05) is 6.10 Å². The second-order valence-electron chi connectivity index (χ2n) is 2.00. The lowest BCUT2D eigenvalue weighted by Gasteiger charge is -1.80. The van der Waals surface area contributed by atoms with Gasteiger partial charge in [0.25, 0.3) is 0 Å². The summed E-state index contributed by atoms with van der Waals surface area (Å²) in [5.74, 6) is 0.167. The Morgan fingerprint density at radius 3 is 1.33 bits per heavy atom. The molecule has 2 nitrogen and oxygen atoms in total. The summed E-state index contributed by atoms with van der Waals surface area (Å²) in [5, 5.41) is 8.06. The van der Waals surface area contributed by atoms with Crippen molar-refractivity contribution >= 4 is 19.3 Å². The number of carbonyl (C=O) groups is 1. The van der Waals surface area contributed by atoms with Crippen LogP contribution in [0.4, 0.5) is 0 Å². The quantitative estimate of drug-likeness (QED) is 0.564. The molecule has 0 rings (SSSR count). The molecule has 0 spiro atoms. The molecule has 0 saturated carbocycles. The zero-order valence-corrected chi connectivity index (χ0v) is 7.43. The fraction of sp³-hybridized carbons (Fsp3) is 0.833. The monoisotopic (exact) mass is 152 g/mol. The molecule has 0 aliphatic rings. The summed E-state index contributed by atoms with van der Waals surface area (Å²) in [7, 11) is 0. The molecule has 0 radical (unpaired) electrons. The van der Waals surface area contributed by atoms with E-state index in [4.69, 9.17) is 5.11 Å². The van der Waals surface area contributed by atoms with Gasteiger partial charge in [0.1, 0.15) is 5.78 Å². The largest absolute Gasteiger partial charge is 0.394 e. The van der Waals surface area contributed by atoms with E-state index in [9.17, 15) is 4.79 Å². The highest BCUT2D eigenvalue weighted by Gasteiger charge is 1.69. The molecular weight excluding hydrogens is 136 g/mol. The average molecular weight is 152 g/mol. The van der Waals surface area contributed by atoms with Crippen molar-refractivity contribution in [2.75, 3.05) is 0 Å². The Morgan fingerprint density at radius 2 is 1.33 bits per heavy atom. The van der Waals surface area contributed by atoms with Crippen LogP contribution in [0.15, 0.2) is 0 Å². The van der Waals surface area contributed by atoms with E-state index >= 15 is 0 Å². The van der Waals surface area contributed by atoms with E-state index in [0.717, 1.165) is 0 Å². The minimum Gasteiger partial charge on any atom is -0.394 e.